The second-order valence-corrected chi connectivity index (χ2v) is 3.84. The van der Waals surface area contributed by atoms with Crippen LogP contribution in [-0.2, 0) is 19.1 Å². The van der Waals surface area contributed by atoms with Crippen molar-refractivity contribution in [2.24, 2.45) is 0 Å². The van der Waals surface area contributed by atoms with Gasteiger partial charge in [0, 0.05) is 6.92 Å². The zero-order chi connectivity index (χ0) is 14.1. The molecule has 0 bridgehead atoms. The minimum atomic E-state index is -3.02. The molecule has 0 saturated carbocycles. The van der Waals surface area contributed by atoms with Gasteiger partial charge in [0.05, 0.1) is 6.61 Å². The molecule has 1 saturated heterocycles. The number of carbonyl (C=O) groups is 2. The smallest absolute Gasteiger partial charge is 0.378 e. The van der Waals surface area contributed by atoms with Crippen LogP contribution in [0.4, 0.5) is 0 Å². The summed E-state index contributed by atoms with van der Waals surface area (Å²) in [5.74, 6) is -5.59. The van der Waals surface area contributed by atoms with Gasteiger partial charge in [0.25, 0.3) is 0 Å². The lowest BCUT2D eigenvalue weighted by atomic mass is 9.98. The maximum Gasteiger partial charge on any atom is 0.378 e. The molecule has 9 nitrogen and oxygen atoms in total. The van der Waals surface area contributed by atoms with Crippen LogP contribution in [0.5, 0.6) is 0 Å². The summed E-state index contributed by atoms with van der Waals surface area (Å²) in [4.78, 5) is 21.7. The normalized spacial score (nSPS) is 40.3. The van der Waals surface area contributed by atoms with Crippen LogP contribution in [0, 0.1) is 0 Å². The van der Waals surface area contributed by atoms with Gasteiger partial charge in [-0.2, -0.15) is 0 Å². The summed E-state index contributed by atoms with van der Waals surface area (Å²) in [5.41, 5.74) is 0. The molecule has 5 unspecified atom stereocenters. The van der Waals surface area contributed by atoms with E-state index in [2.05, 4.69) is 9.47 Å². The van der Waals surface area contributed by atoms with Crippen molar-refractivity contribution < 1.29 is 44.6 Å². The lowest BCUT2D eigenvalue weighted by Crippen LogP contribution is -2.66. The Morgan fingerprint density at radius 3 is 2.28 bits per heavy atom. The van der Waals surface area contributed by atoms with Crippen molar-refractivity contribution in [3.8, 4) is 0 Å². The molecule has 18 heavy (non-hydrogen) atoms. The molecular weight excluding hydrogens is 252 g/mol. The van der Waals surface area contributed by atoms with Gasteiger partial charge in [0.2, 0.25) is 5.78 Å². The molecule has 1 aliphatic rings. The average molecular weight is 266 g/mol. The molecule has 1 rings (SSSR count). The molecule has 0 radical (unpaired) electrons. The van der Waals surface area contributed by atoms with Crippen LogP contribution in [-0.4, -0.2) is 74.3 Å². The van der Waals surface area contributed by atoms with E-state index >= 15 is 0 Å². The molecule has 0 aromatic heterocycles. The highest BCUT2D eigenvalue weighted by molar-refractivity contribution is 6.32. The lowest BCUT2D eigenvalue weighted by Gasteiger charge is -2.43. The molecule has 1 aliphatic heterocycles. The number of hydrogen-bond acceptors (Lipinski definition) is 9. The fourth-order valence-electron chi connectivity index (χ4n) is 1.41. The molecule has 0 aromatic rings. The summed E-state index contributed by atoms with van der Waals surface area (Å²) in [5, 5.41) is 46.8. The molecule has 1 heterocycles. The number of aliphatic hydroxyl groups excluding tert-OH is 4. The summed E-state index contributed by atoms with van der Waals surface area (Å²) in [7, 11) is 0. The van der Waals surface area contributed by atoms with Crippen molar-refractivity contribution in [1.29, 1.82) is 0 Å². The van der Waals surface area contributed by atoms with Crippen LogP contribution in [0.25, 0.3) is 0 Å². The minimum absolute atomic E-state index is 0.815. The molecule has 5 N–H and O–H groups in total. The van der Waals surface area contributed by atoms with Gasteiger partial charge in [-0.05, 0) is 0 Å². The molecule has 0 aliphatic carbocycles. The van der Waals surface area contributed by atoms with Gasteiger partial charge in [0.15, 0.2) is 6.10 Å². The third kappa shape index (κ3) is 2.66. The zero-order valence-electron chi connectivity index (χ0n) is 9.39. The van der Waals surface area contributed by atoms with Gasteiger partial charge >= 0.3 is 11.9 Å². The molecule has 0 spiro atoms. The molecule has 9 heteroatoms. The van der Waals surface area contributed by atoms with E-state index in [1.807, 2.05) is 0 Å². The van der Waals surface area contributed by atoms with Crippen molar-refractivity contribution in [2.45, 2.75) is 37.3 Å². The van der Waals surface area contributed by atoms with Crippen molar-refractivity contribution in [1.82, 2.24) is 0 Å². The van der Waals surface area contributed by atoms with E-state index in [4.69, 9.17) is 5.11 Å². The van der Waals surface area contributed by atoms with Crippen molar-refractivity contribution in [3.05, 3.63) is 0 Å². The fourth-order valence-corrected chi connectivity index (χ4v) is 1.41. The van der Waals surface area contributed by atoms with Gasteiger partial charge in [0.1, 0.15) is 18.3 Å². The quantitative estimate of drug-likeness (QED) is 0.197. The number of esters is 1. The molecule has 0 aromatic carbocycles. The second-order valence-electron chi connectivity index (χ2n) is 3.84. The highest BCUT2D eigenvalue weighted by atomic mass is 16.8. The minimum Gasteiger partial charge on any atom is -0.400 e. The van der Waals surface area contributed by atoms with Crippen molar-refractivity contribution in [3.63, 3.8) is 0 Å². The Morgan fingerprint density at radius 2 is 1.83 bits per heavy atom. The lowest BCUT2D eigenvalue weighted by molar-refractivity contribution is -0.433. The number of aliphatic hydroxyl groups is 5. The maximum atomic E-state index is 11.0. The number of Topliss-reactive ketones (excluding diaryl/α,β-unsaturated/α-hetero) is 1. The Labute approximate surface area is 101 Å². The van der Waals surface area contributed by atoms with Gasteiger partial charge in [-0.3, -0.25) is 4.79 Å². The number of carbonyl (C=O) groups excluding carboxylic acids is 2. The van der Waals surface area contributed by atoms with Crippen molar-refractivity contribution in [2.75, 3.05) is 6.61 Å². The third-order valence-electron chi connectivity index (χ3n) is 2.45. The topological polar surface area (TPSA) is 154 Å². The van der Waals surface area contributed by atoms with E-state index < -0.39 is 48.7 Å². The Morgan fingerprint density at radius 1 is 1.28 bits per heavy atom. The van der Waals surface area contributed by atoms with Crippen molar-refractivity contribution >= 4 is 11.8 Å². The Kier molecular flexibility index (Phi) is 4.37. The summed E-state index contributed by atoms with van der Waals surface area (Å²) in [6, 6.07) is 0. The Hall–Kier alpha value is -1.10. The standard InChI is InChI=1S/C9H14O9/c1-3(11)8(15)18-9(16)7(14)6(13)5(12)4(2-10)17-9/h4-7,10,12-14,16H,2H2,1H3. The third-order valence-corrected chi connectivity index (χ3v) is 2.45. The fraction of sp³-hybridized carbons (Fsp3) is 0.778. The summed E-state index contributed by atoms with van der Waals surface area (Å²) < 4.78 is 8.81. The molecule has 104 valence electrons. The first-order chi connectivity index (χ1) is 8.23. The highest BCUT2D eigenvalue weighted by Crippen LogP contribution is 2.29. The van der Waals surface area contributed by atoms with E-state index in [-0.39, 0.29) is 0 Å². The first-order valence-corrected chi connectivity index (χ1v) is 5.02. The predicted molar refractivity (Wildman–Crippen MR) is 51.7 cm³/mol. The summed E-state index contributed by atoms with van der Waals surface area (Å²) in [6.07, 6.45) is -7.31. The van der Waals surface area contributed by atoms with E-state index in [1.54, 1.807) is 0 Å². The number of ether oxygens (including phenoxy) is 2. The molecule has 1 fully saturated rings. The van der Waals surface area contributed by atoms with Gasteiger partial charge in [-0.15, -0.1) is 0 Å². The van der Waals surface area contributed by atoms with Crippen LogP contribution in [0.1, 0.15) is 6.92 Å². The van der Waals surface area contributed by atoms with Crippen LogP contribution < -0.4 is 0 Å². The first-order valence-electron chi connectivity index (χ1n) is 5.02. The summed E-state index contributed by atoms with van der Waals surface area (Å²) >= 11 is 0. The zero-order valence-corrected chi connectivity index (χ0v) is 9.39. The second kappa shape index (κ2) is 5.26. The SMILES string of the molecule is CC(=O)C(=O)OC1(O)OC(CO)C(O)C(O)C1O. The van der Waals surface area contributed by atoms with Gasteiger partial charge in [-0.1, -0.05) is 0 Å². The van der Waals surface area contributed by atoms with E-state index in [9.17, 15) is 30.0 Å². The monoisotopic (exact) mass is 266 g/mol. The Bertz CT molecular complexity index is 341. The number of rotatable bonds is 3. The first kappa shape index (κ1) is 15.0. The molecule has 0 amide bonds. The van der Waals surface area contributed by atoms with Gasteiger partial charge in [-0.25, -0.2) is 4.79 Å². The maximum absolute atomic E-state index is 11.0. The van der Waals surface area contributed by atoms with E-state index in [0.29, 0.717) is 0 Å². The van der Waals surface area contributed by atoms with Crippen LogP contribution >= 0.6 is 0 Å². The summed E-state index contributed by atoms with van der Waals surface area (Å²) in [6.45, 7) is 0.0422. The molecular formula is C9H14O9. The predicted octanol–water partition coefficient (Wildman–Crippen LogP) is -3.76. The largest absolute Gasteiger partial charge is 0.400 e. The Balaban J connectivity index is 2.91. The van der Waals surface area contributed by atoms with E-state index in [0.717, 1.165) is 6.92 Å². The number of ketones is 1. The van der Waals surface area contributed by atoms with Crippen LogP contribution in [0.2, 0.25) is 0 Å². The average Bonchev–Trinajstić information content (AvgIpc) is 2.31. The van der Waals surface area contributed by atoms with Gasteiger partial charge < -0.3 is 35.0 Å². The highest BCUT2D eigenvalue weighted by Gasteiger charge is 2.56. The molecule has 5 atom stereocenters. The van der Waals surface area contributed by atoms with E-state index in [1.165, 1.54) is 0 Å². The van der Waals surface area contributed by atoms with Crippen LogP contribution in [0.3, 0.4) is 0 Å². The number of hydrogen-bond donors (Lipinski definition) is 5. The van der Waals surface area contributed by atoms with Crippen LogP contribution in [0.15, 0.2) is 0 Å².